The van der Waals surface area contributed by atoms with Crippen molar-refractivity contribution >= 4 is 10.9 Å². The van der Waals surface area contributed by atoms with Crippen molar-refractivity contribution in [2.24, 2.45) is 0 Å². The van der Waals surface area contributed by atoms with E-state index in [1.807, 2.05) is 12.1 Å². The van der Waals surface area contributed by atoms with Crippen LogP contribution in [0.4, 0.5) is 4.39 Å². The molecule has 2 heterocycles. The lowest BCUT2D eigenvalue weighted by Crippen LogP contribution is -2.39. The van der Waals surface area contributed by atoms with Gasteiger partial charge in [0.1, 0.15) is 0 Å². The zero-order chi connectivity index (χ0) is 22.9. The molecule has 1 aliphatic rings. The van der Waals surface area contributed by atoms with E-state index in [1.165, 1.54) is 49.3 Å². The van der Waals surface area contributed by atoms with Gasteiger partial charge in [-0.3, -0.25) is 9.80 Å². The number of para-hydroxylation sites is 1. The first kappa shape index (κ1) is 23.9. The average molecular weight is 453 g/mol. The van der Waals surface area contributed by atoms with Crippen LogP contribution < -0.4 is 0 Å². The Kier molecular flexibility index (Phi) is 8.86. The molecule has 1 N–H and O–H groups in total. The predicted molar refractivity (Wildman–Crippen MR) is 132 cm³/mol. The van der Waals surface area contributed by atoms with E-state index < -0.39 is 5.95 Å². The number of aromatic amines is 1. The van der Waals surface area contributed by atoms with Gasteiger partial charge in [0, 0.05) is 61.1 Å². The van der Waals surface area contributed by atoms with Gasteiger partial charge in [-0.05, 0) is 37.1 Å². The fourth-order valence-corrected chi connectivity index (χ4v) is 5.02. The van der Waals surface area contributed by atoms with Crippen LogP contribution in [-0.2, 0) is 17.8 Å². The number of halogens is 1. The number of hydrogen-bond donors (Lipinski definition) is 1. The number of ether oxygens (including phenoxy) is 1. The first-order valence-electron chi connectivity index (χ1n) is 12.4. The third-order valence-corrected chi connectivity index (χ3v) is 6.87. The predicted octanol–water partition coefficient (Wildman–Crippen LogP) is 5.38. The fourth-order valence-electron chi connectivity index (χ4n) is 5.02. The third kappa shape index (κ3) is 6.62. The molecule has 4 rings (SSSR count). The van der Waals surface area contributed by atoms with Crippen LogP contribution in [0.25, 0.3) is 10.9 Å². The summed E-state index contributed by atoms with van der Waals surface area (Å²) in [5, 5.41) is 1.21. The van der Waals surface area contributed by atoms with Gasteiger partial charge in [-0.25, -0.2) is 4.98 Å². The molecule has 1 aromatic carbocycles. The summed E-state index contributed by atoms with van der Waals surface area (Å²) in [6.07, 6.45) is 10.3. The Bertz CT molecular complexity index is 985. The Balaban J connectivity index is 1.33. The molecule has 0 aliphatic heterocycles. The molecule has 1 saturated carbocycles. The van der Waals surface area contributed by atoms with Crippen molar-refractivity contribution in [1.29, 1.82) is 0 Å². The second-order valence-electron chi connectivity index (χ2n) is 9.06. The van der Waals surface area contributed by atoms with E-state index in [-0.39, 0.29) is 0 Å². The minimum atomic E-state index is -0.395. The van der Waals surface area contributed by atoms with Crippen molar-refractivity contribution in [2.75, 3.05) is 32.8 Å². The summed E-state index contributed by atoms with van der Waals surface area (Å²) in [6.45, 7) is 7.67. The van der Waals surface area contributed by atoms with Crippen molar-refractivity contribution in [2.45, 2.75) is 58.2 Å². The van der Waals surface area contributed by atoms with E-state index in [0.717, 1.165) is 44.3 Å². The second kappa shape index (κ2) is 12.3. The quantitative estimate of drug-likeness (QED) is 0.296. The molecule has 0 radical (unpaired) electrons. The zero-order valence-corrected chi connectivity index (χ0v) is 19.8. The average Bonchev–Trinajstić information content (AvgIpc) is 3.26. The van der Waals surface area contributed by atoms with E-state index in [1.54, 1.807) is 6.07 Å². The molecule has 1 aliphatic carbocycles. The number of H-pyrrole nitrogens is 1. The molecule has 1 fully saturated rings. The lowest BCUT2D eigenvalue weighted by molar-refractivity contribution is 0.0630. The molecule has 33 heavy (non-hydrogen) atoms. The van der Waals surface area contributed by atoms with Gasteiger partial charge < -0.3 is 9.72 Å². The Labute approximate surface area is 197 Å². The first-order valence-corrected chi connectivity index (χ1v) is 12.4. The summed E-state index contributed by atoms with van der Waals surface area (Å²) in [5.74, 6) is -0.395. The molecule has 6 heteroatoms. The van der Waals surface area contributed by atoms with Gasteiger partial charge >= 0.3 is 0 Å². The third-order valence-electron chi connectivity index (χ3n) is 6.87. The van der Waals surface area contributed by atoms with Gasteiger partial charge in [0.15, 0.2) is 0 Å². The Morgan fingerprint density at radius 1 is 1.00 bits per heavy atom. The smallest absolute Gasteiger partial charge is 0.217 e. The van der Waals surface area contributed by atoms with Crippen LogP contribution in [-0.4, -0.2) is 58.7 Å². The van der Waals surface area contributed by atoms with Crippen molar-refractivity contribution in [3.05, 3.63) is 65.9 Å². The summed E-state index contributed by atoms with van der Waals surface area (Å²) in [7, 11) is 0. The highest BCUT2D eigenvalue weighted by atomic mass is 19.1. The van der Waals surface area contributed by atoms with Gasteiger partial charge in [-0.15, -0.1) is 0 Å². The number of pyridine rings is 1. The van der Waals surface area contributed by atoms with Gasteiger partial charge in [0.05, 0.1) is 13.2 Å². The van der Waals surface area contributed by atoms with Crippen molar-refractivity contribution in [3.8, 4) is 0 Å². The maximum absolute atomic E-state index is 14.2. The molecule has 0 bridgehead atoms. The number of hydrogen-bond acceptors (Lipinski definition) is 4. The van der Waals surface area contributed by atoms with E-state index in [4.69, 9.17) is 4.74 Å². The molecule has 0 unspecified atom stereocenters. The number of rotatable bonds is 12. The standard InChI is InChI=1S/C27H37FN4O/c1-2-32(24-10-4-3-5-11-24)16-18-33-17-15-31(20-22-9-8-14-29-27(22)28)21-23-19-30-26-13-7-6-12-25(23)26/h6-9,12-14,19,24,30H,2-5,10-11,15-18,20-21H2,1H3. The van der Waals surface area contributed by atoms with E-state index in [2.05, 4.69) is 51.1 Å². The number of aromatic nitrogens is 2. The summed E-state index contributed by atoms with van der Waals surface area (Å²) >= 11 is 0. The van der Waals surface area contributed by atoms with Crippen molar-refractivity contribution < 1.29 is 9.13 Å². The fraction of sp³-hybridized carbons (Fsp3) is 0.519. The largest absolute Gasteiger partial charge is 0.379 e. The van der Waals surface area contributed by atoms with Gasteiger partial charge in [-0.1, -0.05) is 50.5 Å². The van der Waals surface area contributed by atoms with Gasteiger partial charge in [0.2, 0.25) is 5.95 Å². The lowest BCUT2D eigenvalue weighted by atomic mass is 9.94. The number of likely N-dealkylation sites (N-methyl/N-ethyl adjacent to an activating group) is 1. The minimum absolute atomic E-state index is 0.395. The number of benzene rings is 1. The Morgan fingerprint density at radius 2 is 1.79 bits per heavy atom. The summed E-state index contributed by atoms with van der Waals surface area (Å²) in [4.78, 5) is 12.0. The highest BCUT2D eigenvalue weighted by Gasteiger charge is 2.19. The Hall–Kier alpha value is -2.28. The monoisotopic (exact) mass is 452 g/mol. The van der Waals surface area contributed by atoms with Gasteiger partial charge in [0.25, 0.3) is 0 Å². The summed E-state index contributed by atoms with van der Waals surface area (Å²) in [5.41, 5.74) is 2.95. The lowest BCUT2D eigenvalue weighted by Gasteiger charge is -2.33. The van der Waals surface area contributed by atoms with Gasteiger partial charge in [-0.2, -0.15) is 4.39 Å². The Morgan fingerprint density at radius 3 is 2.61 bits per heavy atom. The van der Waals surface area contributed by atoms with Crippen LogP contribution in [0, 0.1) is 5.95 Å². The van der Waals surface area contributed by atoms with E-state index in [9.17, 15) is 4.39 Å². The molecule has 0 amide bonds. The van der Waals surface area contributed by atoms with Crippen LogP contribution in [0.15, 0.2) is 48.8 Å². The van der Waals surface area contributed by atoms with Crippen LogP contribution in [0.2, 0.25) is 0 Å². The van der Waals surface area contributed by atoms with Crippen LogP contribution >= 0.6 is 0 Å². The number of nitrogens with one attached hydrogen (secondary N) is 1. The normalized spacial score (nSPS) is 15.2. The maximum Gasteiger partial charge on any atom is 0.217 e. The molecule has 5 nitrogen and oxygen atoms in total. The van der Waals surface area contributed by atoms with Crippen molar-refractivity contribution in [3.63, 3.8) is 0 Å². The van der Waals surface area contributed by atoms with Crippen LogP contribution in [0.1, 0.15) is 50.2 Å². The SMILES string of the molecule is CCN(CCOCCN(Cc1cccnc1F)Cc1c[nH]c2ccccc12)C1CCCCC1. The van der Waals surface area contributed by atoms with Crippen molar-refractivity contribution in [1.82, 2.24) is 19.8 Å². The number of fused-ring (bicyclic) bond motifs is 1. The highest BCUT2D eigenvalue weighted by molar-refractivity contribution is 5.82. The minimum Gasteiger partial charge on any atom is -0.379 e. The summed E-state index contributed by atoms with van der Waals surface area (Å²) < 4.78 is 20.3. The molecule has 0 spiro atoms. The van der Waals surface area contributed by atoms with Crippen LogP contribution in [0.3, 0.4) is 0 Å². The molecule has 2 aromatic heterocycles. The maximum atomic E-state index is 14.2. The summed E-state index contributed by atoms with van der Waals surface area (Å²) in [6, 6.07) is 12.6. The zero-order valence-electron chi connectivity index (χ0n) is 19.8. The topological polar surface area (TPSA) is 44.4 Å². The van der Waals surface area contributed by atoms with E-state index in [0.29, 0.717) is 18.7 Å². The molecule has 0 saturated heterocycles. The molecule has 3 aromatic rings. The first-order chi connectivity index (χ1) is 16.2. The molecule has 178 valence electrons. The molecular formula is C27H37FN4O. The van der Waals surface area contributed by atoms with E-state index >= 15 is 0 Å². The second-order valence-corrected chi connectivity index (χ2v) is 9.06. The highest BCUT2D eigenvalue weighted by Crippen LogP contribution is 2.22. The number of nitrogens with zero attached hydrogens (tertiary/aromatic N) is 3. The molecular weight excluding hydrogens is 415 g/mol. The molecule has 0 atom stereocenters. The van der Waals surface area contributed by atoms with Crippen LogP contribution in [0.5, 0.6) is 0 Å².